The molecule has 1 aromatic carbocycles. The second-order valence-corrected chi connectivity index (χ2v) is 5.81. The number of halogens is 3. The van der Waals surface area contributed by atoms with Crippen molar-refractivity contribution in [3.63, 3.8) is 0 Å². The molecule has 4 nitrogen and oxygen atoms in total. The average Bonchev–Trinajstić information content (AvgIpc) is 2.98. The lowest BCUT2D eigenvalue weighted by atomic mass is 9.95. The topological polar surface area (TPSA) is 63.4 Å². The minimum Gasteiger partial charge on any atom is -0.369 e. The van der Waals surface area contributed by atoms with E-state index in [9.17, 15) is 22.8 Å². The number of allylic oxidation sites excluding steroid dienone is 1. The molecule has 1 saturated heterocycles. The summed E-state index contributed by atoms with van der Waals surface area (Å²) in [4.78, 5) is 24.4. The van der Waals surface area contributed by atoms with Gasteiger partial charge in [-0.25, -0.2) is 0 Å². The van der Waals surface area contributed by atoms with Crippen molar-refractivity contribution in [2.45, 2.75) is 19.0 Å². The van der Waals surface area contributed by atoms with E-state index in [1.165, 1.54) is 0 Å². The highest BCUT2D eigenvalue weighted by Gasteiger charge is 2.52. The second-order valence-electron chi connectivity index (χ2n) is 5.81. The van der Waals surface area contributed by atoms with Crippen molar-refractivity contribution in [2.24, 2.45) is 17.6 Å². The lowest BCUT2D eigenvalue weighted by Gasteiger charge is -2.18. The van der Waals surface area contributed by atoms with Crippen molar-refractivity contribution in [3.05, 3.63) is 42.0 Å². The molecule has 0 spiro atoms. The predicted molar refractivity (Wildman–Crippen MR) is 83.5 cm³/mol. The molecule has 1 fully saturated rings. The van der Waals surface area contributed by atoms with Crippen molar-refractivity contribution in [2.75, 3.05) is 13.1 Å². The van der Waals surface area contributed by atoms with E-state index in [4.69, 9.17) is 5.73 Å². The summed E-state index contributed by atoms with van der Waals surface area (Å²) in [6, 6.07) is 9.47. The van der Waals surface area contributed by atoms with E-state index >= 15 is 0 Å². The Morgan fingerprint density at radius 2 is 1.88 bits per heavy atom. The fourth-order valence-corrected chi connectivity index (χ4v) is 2.78. The molecule has 1 aromatic rings. The zero-order valence-electron chi connectivity index (χ0n) is 13.0. The molecule has 0 saturated carbocycles. The molecule has 2 N–H and O–H groups in total. The van der Waals surface area contributed by atoms with Crippen molar-refractivity contribution in [1.82, 2.24) is 4.90 Å². The molecular weight excluding hydrogens is 321 g/mol. The molecular formula is C17H19F3N2O2. The predicted octanol–water partition coefficient (Wildman–Crippen LogP) is 2.60. The van der Waals surface area contributed by atoms with Crippen molar-refractivity contribution in [3.8, 4) is 0 Å². The summed E-state index contributed by atoms with van der Waals surface area (Å²) in [5.74, 6) is -4.66. The Morgan fingerprint density at radius 1 is 1.21 bits per heavy atom. The largest absolute Gasteiger partial charge is 0.394 e. The maximum atomic E-state index is 12.9. The Labute approximate surface area is 138 Å². The number of hydrogen-bond acceptors (Lipinski definition) is 2. The molecule has 1 aliphatic heterocycles. The summed E-state index contributed by atoms with van der Waals surface area (Å²) >= 11 is 0. The van der Waals surface area contributed by atoms with Crippen LogP contribution in [0.25, 0.3) is 6.08 Å². The Morgan fingerprint density at radius 3 is 2.42 bits per heavy atom. The van der Waals surface area contributed by atoms with E-state index < -0.39 is 36.4 Å². The van der Waals surface area contributed by atoms with Gasteiger partial charge in [0.1, 0.15) is 0 Å². The van der Waals surface area contributed by atoms with Crippen LogP contribution in [0.3, 0.4) is 0 Å². The number of alkyl halides is 3. The quantitative estimate of drug-likeness (QED) is 0.895. The number of carbonyl (C=O) groups is 2. The Hall–Kier alpha value is -2.31. The van der Waals surface area contributed by atoms with Crippen molar-refractivity contribution in [1.29, 1.82) is 0 Å². The smallest absolute Gasteiger partial charge is 0.369 e. The highest BCUT2D eigenvalue weighted by molar-refractivity contribution is 5.81. The Bertz CT molecular complexity index is 614. The molecule has 24 heavy (non-hydrogen) atoms. The molecule has 7 heteroatoms. The van der Waals surface area contributed by atoms with Crippen LogP contribution >= 0.6 is 0 Å². The van der Waals surface area contributed by atoms with Crippen molar-refractivity contribution < 1.29 is 22.8 Å². The molecule has 2 atom stereocenters. The zero-order chi connectivity index (χ0) is 17.7. The van der Waals surface area contributed by atoms with Gasteiger partial charge >= 0.3 is 6.18 Å². The maximum Gasteiger partial charge on any atom is 0.394 e. The van der Waals surface area contributed by atoms with Crippen LogP contribution in [0.5, 0.6) is 0 Å². The maximum absolute atomic E-state index is 12.9. The van der Waals surface area contributed by atoms with E-state index in [1.807, 2.05) is 36.4 Å². The van der Waals surface area contributed by atoms with Crippen LogP contribution in [0, 0.1) is 11.8 Å². The number of hydrogen-bond donors (Lipinski definition) is 1. The number of likely N-dealkylation sites (tertiary alicyclic amines) is 1. The molecule has 0 unspecified atom stereocenters. The molecule has 0 radical (unpaired) electrons. The van der Waals surface area contributed by atoms with E-state index in [0.717, 1.165) is 10.5 Å². The number of nitrogens with zero attached hydrogens (tertiary/aromatic N) is 1. The third kappa shape index (κ3) is 4.59. The van der Waals surface area contributed by atoms with Gasteiger partial charge in [0, 0.05) is 19.5 Å². The number of nitrogens with two attached hydrogens (primary N) is 1. The highest BCUT2D eigenvalue weighted by Crippen LogP contribution is 2.37. The van der Waals surface area contributed by atoms with E-state index in [-0.39, 0.29) is 13.0 Å². The molecule has 1 aliphatic rings. The van der Waals surface area contributed by atoms with Gasteiger partial charge < -0.3 is 10.6 Å². The average molecular weight is 340 g/mol. The van der Waals surface area contributed by atoms with Gasteiger partial charge in [0.05, 0.1) is 11.8 Å². The third-order valence-corrected chi connectivity index (χ3v) is 4.09. The molecule has 2 rings (SSSR count). The van der Waals surface area contributed by atoms with Gasteiger partial charge in [-0.05, 0) is 12.0 Å². The van der Waals surface area contributed by atoms with Crippen LogP contribution in [-0.2, 0) is 9.59 Å². The number of amides is 2. The minimum absolute atomic E-state index is 0.0966. The molecule has 0 bridgehead atoms. The molecule has 1 heterocycles. The fourth-order valence-electron chi connectivity index (χ4n) is 2.78. The summed E-state index contributed by atoms with van der Waals surface area (Å²) in [5, 5.41) is 0. The summed E-state index contributed by atoms with van der Waals surface area (Å²) < 4.78 is 38.8. The molecule has 0 aliphatic carbocycles. The van der Waals surface area contributed by atoms with E-state index in [1.54, 1.807) is 6.08 Å². The van der Waals surface area contributed by atoms with Crippen LogP contribution < -0.4 is 5.73 Å². The number of carbonyl (C=O) groups excluding carboxylic acids is 2. The first-order chi connectivity index (χ1) is 11.3. The first-order valence-corrected chi connectivity index (χ1v) is 7.64. The second kappa shape index (κ2) is 7.51. The van der Waals surface area contributed by atoms with Gasteiger partial charge in [-0.1, -0.05) is 42.5 Å². The molecule has 0 aromatic heterocycles. The molecule has 130 valence electrons. The normalized spacial score (nSPS) is 21.4. The van der Waals surface area contributed by atoms with Gasteiger partial charge in [-0.15, -0.1) is 0 Å². The van der Waals surface area contributed by atoms with Crippen LogP contribution in [0.15, 0.2) is 36.4 Å². The summed E-state index contributed by atoms with van der Waals surface area (Å²) in [6.07, 6.45) is -0.373. The highest BCUT2D eigenvalue weighted by atomic mass is 19.4. The Kier molecular flexibility index (Phi) is 5.64. The number of benzene rings is 1. The summed E-state index contributed by atoms with van der Waals surface area (Å²) in [6.45, 7) is -0.765. The van der Waals surface area contributed by atoms with Crippen LogP contribution in [0.4, 0.5) is 13.2 Å². The zero-order valence-corrected chi connectivity index (χ0v) is 13.0. The van der Waals surface area contributed by atoms with Gasteiger partial charge in [0.2, 0.25) is 11.8 Å². The SMILES string of the molecule is NC(=O)[C@@H]1CN(C(=O)CC/C=C/c2ccccc2)C[C@H]1C(F)(F)F. The minimum atomic E-state index is -4.54. The van der Waals surface area contributed by atoms with E-state index in [2.05, 4.69) is 0 Å². The molecule has 2 amide bonds. The Balaban J connectivity index is 1.89. The van der Waals surface area contributed by atoms with Gasteiger partial charge in [-0.3, -0.25) is 9.59 Å². The standard InChI is InChI=1S/C17H19F3N2O2/c18-17(19,20)14-11-22(10-13(14)16(21)24)15(23)9-5-4-8-12-6-2-1-3-7-12/h1-4,6-8,13-14H,5,9-11H2,(H2,21,24)/b8-4+/t13-,14-/m1/s1. The van der Waals surface area contributed by atoms with Gasteiger partial charge in [0.25, 0.3) is 0 Å². The van der Waals surface area contributed by atoms with Crippen LogP contribution in [0.2, 0.25) is 0 Å². The number of rotatable bonds is 5. The van der Waals surface area contributed by atoms with Crippen LogP contribution in [0.1, 0.15) is 18.4 Å². The third-order valence-electron chi connectivity index (χ3n) is 4.09. The van der Waals surface area contributed by atoms with Gasteiger partial charge in [0.15, 0.2) is 0 Å². The lowest BCUT2D eigenvalue weighted by Crippen LogP contribution is -2.37. The van der Waals surface area contributed by atoms with E-state index in [0.29, 0.717) is 6.42 Å². The lowest BCUT2D eigenvalue weighted by molar-refractivity contribution is -0.182. The first kappa shape index (κ1) is 18.0. The summed E-state index contributed by atoms with van der Waals surface area (Å²) in [7, 11) is 0. The summed E-state index contributed by atoms with van der Waals surface area (Å²) in [5.41, 5.74) is 6.03. The first-order valence-electron chi connectivity index (χ1n) is 7.64. The van der Waals surface area contributed by atoms with Crippen LogP contribution in [-0.4, -0.2) is 36.0 Å². The van der Waals surface area contributed by atoms with Crippen molar-refractivity contribution >= 4 is 17.9 Å². The van der Waals surface area contributed by atoms with Gasteiger partial charge in [-0.2, -0.15) is 13.2 Å². The monoisotopic (exact) mass is 340 g/mol. The number of primary amides is 1. The fraction of sp³-hybridized carbons (Fsp3) is 0.412.